The summed E-state index contributed by atoms with van der Waals surface area (Å²) in [6.07, 6.45) is 0. The summed E-state index contributed by atoms with van der Waals surface area (Å²) in [6.45, 7) is 29.4. The van der Waals surface area contributed by atoms with E-state index in [-0.39, 0.29) is 0 Å². The van der Waals surface area contributed by atoms with E-state index in [1.807, 2.05) is 0 Å². The predicted octanol–water partition coefficient (Wildman–Crippen LogP) is 25.9. The lowest BCUT2D eigenvalue weighted by Crippen LogP contribution is -2.43. The van der Waals surface area contributed by atoms with Crippen molar-refractivity contribution in [2.75, 3.05) is 0 Å². The van der Waals surface area contributed by atoms with Crippen LogP contribution in [0, 0.1) is 22.9 Å². The van der Waals surface area contributed by atoms with E-state index in [0.717, 1.165) is 11.1 Å². The fourth-order valence-corrected chi connectivity index (χ4v) is 28.0. The maximum Gasteiger partial charge on any atom is 0.146 e. The highest BCUT2D eigenvalue weighted by Gasteiger charge is 2.43. The Balaban J connectivity index is 1.20. The van der Waals surface area contributed by atoms with Gasteiger partial charge in [0.15, 0.2) is 0 Å². The fraction of sp³-hybridized carbons (Fsp3) is 0.205. The maximum absolute atomic E-state index is 4.37. The zero-order chi connectivity index (χ0) is 62.1. The van der Waals surface area contributed by atoms with Gasteiger partial charge < -0.3 is 0 Å². The van der Waals surface area contributed by atoms with Crippen molar-refractivity contribution in [3.63, 3.8) is 0 Å². The van der Waals surface area contributed by atoms with E-state index in [4.69, 9.17) is 0 Å². The van der Waals surface area contributed by atoms with E-state index in [1.165, 1.54) is 152 Å². The van der Waals surface area contributed by atoms with Crippen molar-refractivity contribution in [2.24, 2.45) is 0 Å². The van der Waals surface area contributed by atoms with Crippen LogP contribution in [0.15, 0.2) is 218 Å². The van der Waals surface area contributed by atoms with Crippen LogP contribution in [0.2, 0.25) is 33.2 Å². The molecule has 0 unspecified atom stereocenters. The molecule has 0 heterocycles. The SMILES string of the molecule is CC(C)[Si](C#Cc1c2cc3c(cc2c(C#C[Si](C(C)C)(C(C)C)C(C)C)c2cc4c(cc12)c1c(-c2ccccc2)c2cc5ccccc5cc2c(-c2ccccc2)c41)c1c(-c2ccccc2)c2cc4ccccc4cc2c(-c2ccccc2)c31)(C(C)C)C(C)C. The quantitative estimate of drug-likeness (QED) is 0.0727. The molecule has 0 nitrogen and oxygen atoms in total. The van der Waals surface area contributed by atoms with Gasteiger partial charge in [-0.3, -0.25) is 0 Å². The van der Waals surface area contributed by atoms with Gasteiger partial charge in [0.2, 0.25) is 0 Å². The van der Waals surface area contributed by atoms with Crippen LogP contribution in [0.3, 0.4) is 0 Å². The Morgan fingerprint density at radius 2 is 0.422 bits per heavy atom. The van der Waals surface area contributed by atoms with Gasteiger partial charge in [0.1, 0.15) is 16.1 Å². The second-order valence-corrected chi connectivity index (χ2v) is 39.0. The topological polar surface area (TPSA) is 0 Å². The molecule has 0 aliphatic carbocycles. The van der Waals surface area contributed by atoms with Crippen LogP contribution >= 0.6 is 0 Å². The molecule has 0 amide bonds. The summed E-state index contributed by atoms with van der Waals surface area (Å²) in [7, 11) is -4.60. The third kappa shape index (κ3) is 8.55. The highest BCUT2D eigenvalue weighted by Crippen LogP contribution is 2.57. The molecule has 2 heteroatoms. The normalized spacial score (nSPS) is 12.6. The van der Waals surface area contributed by atoms with Gasteiger partial charge in [-0.2, -0.15) is 0 Å². The molecule has 0 atom stereocenters. The molecule has 15 aromatic carbocycles. The third-order valence-corrected chi connectivity index (χ3v) is 34.2. The van der Waals surface area contributed by atoms with Crippen molar-refractivity contribution in [1.82, 2.24) is 0 Å². The molecule has 0 fully saturated rings. The minimum atomic E-state index is -2.30. The van der Waals surface area contributed by atoms with Crippen molar-refractivity contribution in [3.8, 4) is 67.4 Å². The first-order valence-electron chi connectivity index (χ1n) is 33.1. The van der Waals surface area contributed by atoms with Gasteiger partial charge in [0, 0.05) is 11.1 Å². The molecule has 0 spiro atoms. The maximum atomic E-state index is 4.37. The minimum Gasteiger partial charge on any atom is -0.125 e. The molecule has 0 aromatic heterocycles. The van der Waals surface area contributed by atoms with Gasteiger partial charge >= 0.3 is 0 Å². The highest BCUT2D eigenvalue weighted by molar-refractivity contribution is 6.91. The van der Waals surface area contributed by atoms with E-state index in [2.05, 4.69) is 324 Å². The molecule has 90 heavy (non-hydrogen) atoms. The number of rotatable bonds is 10. The molecule has 0 saturated carbocycles. The molecule has 15 rings (SSSR count). The summed E-state index contributed by atoms with van der Waals surface area (Å²) in [4.78, 5) is 0. The molecular formula is C88H78Si2. The Labute approximate surface area is 533 Å². The summed E-state index contributed by atoms with van der Waals surface area (Å²) in [5, 5.41) is 25.3. The second-order valence-electron chi connectivity index (χ2n) is 27.9. The number of benzene rings is 13. The van der Waals surface area contributed by atoms with Crippen LogP contribution in [0.25, 0.3) is 152 Å². The zero-order valence-electron chi connectivity index (χ0n) is 54.2. The summed E-state index contributed by atoms with van der Waals surface area (Å²) < 4.78 is 0. The summed E-state index contributed by atoms with van der Waals surface area (Å²) in [6, 6.07) is 82.8. The number of hydrogen-bond acceptors (Lipinski definition) is 0. The lowest BCUT2D eigenvalue weighted by Gasteiger charge is -2.38. The first-order chi connectivity index (χ1) is 43.6. The van der Waals surface area contributed by atoms with Crippen LogP contribution in [-0.2, 0) is 0 Å². The van der Waals surface area contributed by atoms with Crippen LogP contribution in [-0.4, -0.2) is 16.1 Å². The molecule has 0 aliphatic rings. The van der Waals surface area contributed by atoms with Crippen LogP contribution in [0.5, 0.6) is 0 Å². The summed E-state index contributed by atoms with van der Waals surface area (Å²) in [5.74, 6) is 8.60. The Hall–Kier alpha value is -9.03. The Morgan fingerprint density at radius 3 is 0.622 bits per heavy atom. The van der Waals surface area contributed by atoms with Gasteiger partial charge in [0.05, 0.1) is 0 Å². The standard InChI is InChI=1S/C88H78Si2/c1-53(2)89(54(3)4,55(5)6)43-41-67-69-49-77-79(87-83(61-33-21-15-22-34-61)75-47-65-39-27-25-37-63(65)45-73(75)81(85(77)87)59-29-17-13-18-30-59)51-71(69)68(42-44-90(56(7)8,57(9)10)58(11)12)72-52-80-78(50-70(67)72)86-82(60-31-19-14-20-32-60)74-46-64-38-26-28-40-66(64)48-76(74)84(88(80)86)62-35-23-16-24-36-62/h13-40,45-58H,1-12H3. The van der Waals surface area contributed by atoms with E-state index >= 15 is 0 Å². The van der Waals surface area contributed by atoms with Gasteiger partial charge in [-0.05, 0) is 234 Å². The smallest absolute Gasteiger partial charge is 0.125 e. The van der Waals surface area contributed by atoms with E-state index in [1.54, 1.807) is 0 Å². The van der Waals surface area contributed by atoms with Gasteiger partial charge in [0.25, 0.3) is 0 Å². The van der Waals surface area contributed by atoms with Crippen LogP contribution < -0.4 is 0 Å². The van der Waals surface area contributed by atoms with Crippen LogP contribution in [0.1, 0.15) is 94.2 Å². The molecule has 0 aliphatic heterocycles. The summed E-state index contributed by atoms with van der Waals surface area (Å²) in [5.41, 5.74) is 23.8. The second kappa shape index (κ2) is 21.9. The van der Waals surface area contributed by atoms with Gasteiger partial charge in [-0.25, -0.2) is 0 Å². The number of fused-ring (bicyclic) bond motifs is 14. The van der Waals surface area contributed by atoms with Crippen molar-refractivity contribution >= 4 is 124 Å². The molecule has 438 valence electrons. The van der Waals surface area contributed by atoms with Crippen molar-refractivity contribution in [3.05, 3.63) is 230 Å². The molecule has 0 saturated heterocycles. The van der Waals surface area contributed by atoms with Gasteiger partial charge in [-0.1, -0.05) is 265 Å². The molecule has 0 bridgehead atoms. The lowest BCUT2D eigenvalue weighted by molar-refractivity contribution is 0.838. The third-order valence-electron chi connectivity index (χ3n) is 21.6. The fourth-order valence-electron chi connectivity index (χ4n) is 17.5. The lowest BCUT2D eigenvalue weighted by atomic mass is 9.76. The van der Waals surface area contributed by atoms with Gasteiger partial charge in [-0.15, -0.1) is 11.1 Å². The monoisotopic (exact) mass is 1190 g/mol. The largest absolute Gasteiger partial charge is 0.146 e. The average Bonchev–Trinajstić information content (AvgIpc) is 0.685. The van der Waals surface area contributed by atoms with Crippen LogP contribution in [0.4, 0.5) is 0 Å². The van der Waals surface area contributed by atoms with E-state index < -0.39 is 16.1 Å². The Kier molecular flexibility index (Phi) is 14.0. The number of hydrogen-bond donors (Lipinski definition) is 0. The van der Waals surface area contributed by atoms with E-state index in [9.17, 15) is 0 Å². The first kappa shape index (κ1) is 57.4. The molecule has 15 aromatic rings. The molecule has 0 radical (unpaired) electrons. The van der Waals surface area contributed by atoms with Crippen molar-refractivity contribution in [1.29, 1.82) is 0 Å². The summed E-state index contributed by atoms with van der Waals surface area (Å²) >= 11 is 0. The first-order valence-corrected chi connectivity index (χ1v) is 37.5. The molecular weight excluding hydrogens is 1110 g/mol. The minimum absolute atomic E-state index is 0.457. The zero-order valence-corrected chi connectivity index (χ0v) is 56.2. The Morgan fingerprint density at radius 1 is 0.222 bits per heavy atom. The highest BCUT2D eigenvalue weighted by atomic mass is 28.3. The van der Waals surface area contributed by atoms with Crippen molar-refractivity contribution in [2.45, 2.75) is 116 Å². The molecule has 0 N–H and O–H groups in total. The van der Waals surface area contributed by atoms with Crippen molar-refractivity contribution < 1.29 is 0 Å². The average molecular weight is 1190 g/mol. The Bertz CT molecular complexity index is 4800. The predicted molar refractivity (Wildman–Crippen MR) is 401 cm³/mol. The van der Waals surface area contributed by atoms with E-state index in [0.29, 0.717) is 33.2 Å².